The van der Waals surface area contributed by atoms with E-state index < -0.39 is 0 Å². The van der Waals surface area contributed by atoms with E-state index in [0.29, 0.717) is 25.9 Å². The minimum absolute atomic E-state index is 0.191. The first kappa shape index (κ1) is 20.1. The van der Waals surface area contributed by atoms with Gasteiger partial charge in [0.1, 0.15) is 0 Å². The molecular weight excluding hydrogens is 416 g/mol. The molecule has 2 aliphatic heterocycles. The molecule has 1 unspecified atom stereocenters. The molecule has 1 amide bonds. The molecule has 7 heteroatoms. The summed E-state index contributed by atoms with van der Waals surface area (Å²) in [6, 6.07) is 6.41. The molecule has 1 fully saturated rings. The van der Waals surface area contributed by atoms with Crippen molar-refractivity contribution < 1.29 is 14.3 Å². The van der Waals surface area contributed by atoms with Crippen LogP contribution in [0.4, 0.5) is 0 Å². The van der Waals surface area contributed by atoms with Crippen LogP contribution in [-0.4, -0.2) is 67.4 Å². The molecule has 0 spiro atoms. The highest BCUT2D eigenvalue weighted by Crippen LogP contribution is 2.33. The highest BCUT2D eigenvalue weighted by atomic mass is 79.9. The van der Waals surface area contributed by atoms with Crippen LogP contribution in [0.2, 0.25) is 0 Å². The summed E-state index contributed by atoms with van der Waals surface area (Å²) in [7, 11) is 0. The number of benzene rings is 1. The van der Waals surface area contributed by atoms with Gasteiger partial charge in [-0.2, -0.15) is 0 Å². The third-order valence-electron chi connectivity index (χ3n) is 4.74. The smallest absolute Gasteiger partial charge is 0.254 e. The Morgan fingerprint density at radius 3 is 2.85 bits per heavy atom. The van der Waals surface area contributed by atoms with Gasteiger partial charge in [0.25, 0.3) is 5.91 Å². The number of ether oxygens (including phenoxy) is 2. The van der Waals surface area contributed by atoms with Gasteiger partial charge in [0, 0.05) is 40.7 Å². The molecule has 1 saturated heterocycles. The molecule has 1 N–H and O–H groups in total. The molecule has 1 aromatic rings. The lowest BCUT2D eigenvalue weighted by Gasteiger charge is -2.31. The zero-order valence-electron chi connectivity index (χ0n) is 15.0. The largest absolute Gasteiger partial charge is 0.378 e. The van der Waals surface area contributed by atoms with Gasteiger partial charge < -0.3 is 19.7 Å². The fourth-order valence-electron chi connectivity index (χ4n) is 3.44. The Morgan fingerprint density at radius 2 is 2.08 bits per heavy atom. The molecule has 0 saturated carbocycles. The molecule has 2 aliphatic rings. The number of thioether (sulfide) groups is 1. The maximum Gasteiger partial charge on any atom is 0.254 e. The molecule has 5 nitrogen and oxygen atoms in total. The second kappa shape index (κ2) is 10.7. The molecule has 1 aromatic carbocycles. The Morgan fingerprint density at radius 1 is 1.23 bits per heavy atom. The van der Waals surface area contributed by atoms with Crippen LogP contribution in [0.15, 0.2) is 23.1 Å². The van der Waals surface area contributed by atoms with Crippen LogP contribution < -0.4 is 5.32 Å². The summed E-state index contributed by atoms with van der Waals surface area (Å²) >= 11 is 5.10. The van der Waals surface area contributed by atoms with E-state index in [0.717, 1.165) is 55.7 Å². The third kappa shape index (κ3) is 5.23. The standard InChI is InChI=1S/C19H27BrN2O3S/c20-6-8-24-9-10-25-11-12-26-18-5-1-4-16-17(18)14-22(19(16)23)15-3-2-7-21-13-15/h1,4-5,15,21H,2-3,6-14H2. The zero-order valence-corrected chi connectivity index (χ0v) is 17.4. The van der Waals surface area contributed by atoms with Gasteiger partial charge in [0.15, 0.2) is 0 Å². The molecular formula is C19H27BrN2O3S. The summed E-state index contributed by atoms with van der Waals surface area (Å²) in [6.45, 7) is 5.38. The van der Waals surface area contributed by atoms with Crippen molar-refractivity contribution >= 4 is 33.6 Å². The second-order valence-electron chi connectivity index (χ2n) is 6.48. The molecule has 0 radical (unpaired) electrons. The van der Waals surface area contributed by atoms with Gasteiger partial charge in [0.05, 0.1) is 26.4 Å². The normalized spacial score (nSPS) is 19.8. The molecule has 2 heterocycles. The van der Waals surface area contributed by atoms with Crippen LogP contribution in [0.5, 0.6) is 0 Å². The summed E-state index contributed by atoms with van der Waals surface area (Å²) in [5.74, 6) is 1.07. The number of rotatable bonds is 10. The van der Waals surface area contributed by atoms with Gasteiger partial charge in [-0.15, -0.1) is 11.8 Å². The lowest BCUT2D eigenvalue weighted by Crippen LogP contribution is -2.46. The molecule has 0 aromatic heterocycles. The quantitative estimate of drug-likeness (QED) is 0.343. The Balaban J connectivity index is 1.48. The van der Waals surface area contributed by atoms with E-state index in [1.165, 1.54) is 10.5 Å². The van der Waals surface area contributed by atoms with E-state index in [2.05, 4.69) is 32.2 Å². The number of fused-ring (bicyclic) bond motifs is 1. The van der Waals surface area contributed by atoms with Gasteiger partial charge >= 0.3 is 0 Å². The van der Waals surface area contributed by atoms with Gasteiger partial charge in [-0.25, -0.2) is 0 Å². The first-order chi connectivity index (χ1) is 12.8. The van der Waals surface area contributed by atoms with Crippen molar-refractivity contribution in [2.24, 2.45) is 0 Å². The lowest BCUT2D eigenvalue weighted by molar-refractivity contribution is 0.0607. The topological polar surface area (TPSA) is 50.8 Å². The Kier molecular flexibility index (Phi) is 8.26. The highest BCUT2D eigenvalue weighted by Gasteiger charge is 2.34. The summed E-state index contributed by atoms with van der Waals surface area (Å²) in [6.07, 6.45) is 2.24. The minimum atomic E-state index is 0.191. The maximum absolute atomic E-state index is 12.8. The molecule has 26 heavy (non-hydrogen) atoms. The minimum Gasteiger partial charge on any atom is -0.378 e. The Hall–Kier alpha value is -0.600. The van der Waals surface area contributed by atoms with Crippen molar-refractivity contribution in [1.82, 2.24) is 10.2 Å². The number of hydrogen-bond donors (Lipinski definition) is 1. The molecule has 144 valence electrons. The number of carbonyl (C=O) groups excluding carboxylic acids is 1. The Bertz CT molecular complexity index is 596. The third-order valence-corrected chi connectivity index (χ3v) is 6.13. The van der Waals surface area contributed by atoms with Gasteiger partial charge in [-0.05, 0) is 37.1 Å². The van der Waals surface area contributed by atoms with Crippen molar-refractivity contribution in [3.8, 4) is 0 Å². The average Bonchev–Trinajstić information content (AvgIpc) is 3.02. The molecule has 0 bridgehead atoms. The van der Waals surface area contributed by atoms with Crippen molar-refractivity contribution in [2.75, 3.05) is 50.6 Å². The number of nitrogens with zero attached hydrogens (tertiary/aromatic N) is 1. The van der Waals surface area contributed by atoms with E-state index in [4.69, 9.17) is 9.47 Å². The second-order valence-corrected chi connectivity index (χ2v) is 8.41. The number of piperidine rings is 1. The van der Waals surface area contributed by atoms with Crippen LogP contribution in [0.3, 0.4) is 0 Å². The van der Waals surface area contributed by atoms with E-state index in [-0.39, 0.29) is 5.91 Å². The van der Waals surface area contributed by atoms with Crippen LogP contribution in [-0.2, 0) is 16.0 Å². The van der Waals surface area contributed by atoms with E-state index in [9.17, 15) is 4.79 Å². The lowest BCUT2D eigenvalue weighted by atomic mass is 10.1. The van der Waals surface area contributed by atoms with Gasteiger partial charge in [-0.1, -0.05) is 22.0 Å². The first-order valence-corrected chi connectivity index (χ1v) is 11.4. The zero-order chi connectivity index (χ0) is 18.2. The van der Waals surface area contributed by atoms with Crippen LogP contribution in [0.25, 0.3) is 0 Å². The summed E-state index contributed by atoms with van der Waals surface area (Å²) in [4.78, 5) is 16.1. The summed E-state index contributed by atoms with van der Waals surface area (Å²) in [5.41, 5.74) is 2.07. The number of alkyl halides is 1. The molecule has 1 atom stereocenters. The van der Waals surface area contributed by atoms with E-state index >= 15 is 0 Å². The van der Waals surface area contributed by atoms with E-state index in [1.54, 1.807) is 11.8 Å². The molecule has 0 aliphatic carbocycles. The summed E-state index contributed by atoms with van der Waals surface area (Å²) < 4.78 is 11.0. The van der Waals surface area contributed by atoms with Gasteiger partial charge in [0.2, 0.25) is 0 Å². The predicted octanol–water partition coefficient (Wildman–Crippen LogP) is 2.91. The number of halogens is 1. The van der Waals surface area contributed by atoms with Crippen LogP contribution in [0.1, 0.15) is 28.8 Å². The van der Waals surface area contributed by atoms with Crippen molar-refractivity contribution in [3.63, 3.8) is 0 Å². The van der Waals surface area contributed by atoms with Crippen LogP contribution in [0, 0.1) is 0 Å². The average molecular weight is 443 g/mol. The summed E-state index contributed by atoms with van der Waals surface area (Å²) in [5, 5.41) is 4.27. The Labute approximate surface area is 168 Å². The number of amides is 1. The number of hydrogen-bond acceptors (Lipinski definition) is 5. The van der Waals surface area contributed by atoms with E-state index in [1.807, 2.05) is 12.1 Å². The maximum atomic E-state index is 12.8. The van der Waals surface area contributed by atoms with Crippen molar-refractivity contribution in [2.45, 2.75) is 30.3 Å². The van der Waals surface area contributed by atoms with Crippen molar-refractivity contribution in [3.05, 3.63) is 29.3 Å². The highest BCUT2D eigenvalue weighted by molar-refractivity contribution is 9.09. The SMILES string of the molecule is O=C1c2cccc(SCCOCCOCCBr)c2CN1C1CCCNC1. The monoisotopic (exact) mass is 442 g/mol. The molecule has 3 rings (SSSR count). The van der Waals surface area contributed by atoms with Gasteiger partial charge in [-0.3, -0.25) is 4.79 Å². The fourth-order valence-corrected chi connectivity index (χ4v) is 4.62. The van der Waals surface area contributed by atoms with Crippen molar-refractivity contribution in [1.29, 1.82) is 0 Å². The van der Waals surface area contributed by atoms with Crippen LogP contribution >= 0.6 is 27.7 Å². The number of nitrogens with one attached hydrogen (secondary N) is 1. The number of carbonyl (C=O) groups is 1. The predicted molar refractivity (Wildman–Crippen MR) is 108 cm³/mol. The fraction of sp³-hybridized carbons (Fsp3) is 0.632. The first-order valence-electron chi connectivity index (χ1n) is 9.29.